The molecule has 2 aromatic rings. The minimum atomic E-state index is -4.53. The normalized spacial score (nSPS) is 17.8. The first kappa shape index (κ1) is 20.9. The number of nitrogens with zero attached hydrogens (tertiary/aromatic N) is 2. The molecule has 0 bridgehead atoms. The van der Waals surface area contributed by atoms with E-state index in [-0.39, 0.29) is 30.4 Å². The fourth-order valence-electron chi connectivity index (χ4n) is 2.87. The molecule has 1 unspecified atom stereocenters. The van der Waals surface area contributed by atoms with Crippen molar-refractivity contribution in [1.29, 1.82) is 0 Å². The number of sulfonamides is 1. The number of hydrogen-bond acceptors (Lipinski definition) is 5. The zero-order chi connectivity index (χ0) is 18.1. The van der Waals surface area contributed by atoms with Gasteiger partial charge in [-0.25, -0.2) is 18.1 Å². The number of rotatable bonds is 5. The Bertz CT molecular complexity index is 836. The molecular weight excluding hydrogens is 395 g/mol. The SMILES string of the molecule is Cl.O=S(=O)(NCC(N1CCNCC1)C(F)(F)F)c1c[nH]c2ncccc12. The lowest BCUT2D eigenvalue weighted by Gasteiger charge is -2.35. The molecule has 146 valence electrons. The first-order chi connectivity index (χ1) is 11.8. The fourth-order valence-corrected chi connectivity index (χ4v) is 4.07. The summed E-state index contributed by atoms with van der Waals surface area (Å²) in [7, 11) is -4.10. The van der Waals surface area contributed by atoms with Gasteiger partial charge in [-0.05, 0) is 12.1 Å². The number of alkyl halides is 3. The Balaban J connectivity index is 0.00000243. The lowest BCUT2D eigenvalue weighted by Crippen LogP contribution is -2.57. The number of nitrogens with one attached hydrogen (secondary N) is 3. The molecular formula is C14H19ClF3N5O2S. The molecule has 26 heavy (non-hydrogen) atoms. The number of halogens is 4. The summed E-state index contributed by atoms with van der Waals surface area (Å²) in [6.07, 6.45) is -1.80. The van der Waals surface area contributed by atoms with E-state index in [1.807, 2.05) is 0 Å². The summed E-state index contributed by atoms with van der Waals surface area (Å²) >= 11 is 0. The van der Waals surface area contributed by atoms with E-state index in [4.69, 9.17) is 0 Å². The Hall–Kier alpha value is -1.40. The standard InChI is InChI=1S/C14H18F3N5O2S.ClH/c15-14(16,17)12(22-6-4-18-5-7-22)9-21-25(23,24)11-8-20-13-10(11)2-1-3-19-13;/h1-3,8,12,18,21H,4-7,9H2,(H,19,20);1H. The summed E-state index contributed by atoms with van der Waals surface area (Å²) in [6.45, 7) is 0.561. The maximum atomic E-state index is 13.4. The number of aromatic amines is 1. The van der Waals surface area contributed by atoms with Gasteiger partial charge in [0.05, 0.1) is 0 Å². The van der Waals surface area contributed by atoms with Crippen LogP contribution < -0.4 is 10.0 Å². The molecule has 0 spiro atoms. The number of fused-ring (bicyclic) bond motifs is 1. The Kier molecular flexibility index (Phi) is 6.51. The van der Waals surface area contributed by atoms with E-state index < -0.39 is 28.8 Å². The highest BCUT2D eigenvalue weighted by Crippen LogP contribution is 2.26. The summed E-state index contributed by atoms with van der Waals surface area (Å²) < 4.78 is 67.1. The molecule has 1 aliphatic rings. The molecule has 2 aromatic heterocycles. The van der Waals surface area contributed by atoms with Gasteiger partial charge < -0.3 is 10.3 Å². The van der Waals surface area contributed by atoms with Crippen LogP contribution in [0.5, 0.6) is 0 Å². The molecule has 7 nitrogen and oxygen atoms in total. The number of hydrogen-bond donors (Lipinski definition) is 3. The molecule has 3 N–H and O–H groups in total. The maximum absolute atomic E-state index is 13.4. The molecule has 1 aliphatic heterocycles. The van der Waals surface area contributed by atoms with Crippen LogP contribution in [0.25, 0.3) is 11.0 Å². The van der Waals surface area contributed by atoms with Crippen molar-refractivity contribution in [2.24, 2.45) is 0 Å². The number of piperazine rings is 1. The first-order valence-corrected chi connectivity index (χ1v) is 9.20. The highest BCUT2D eigenvalue weighted by molar-refractivity contribution is 7.89. The Morgan fingerprint density at radius 2 is 2.00 bits per heavy atom. The van der Waals surface area contributed by atoms with Crippen molar-refractivity contribution >= 4 is 33.5 Å². The third-order valence-corrected chi connectivity index (χ3v) is 5.60. The average molecular weight is 414 g/mol. The van der Waals surface area contributed by atoms with Crippen LogP contribution in [-0.2, 0) is 10.0 Å². The smallest absolute Gasteiger partial charge is 0.345 e. The first-order valence-electron chi connectivity index (χ1n) is 7.72. The van der Waals surface area contributed by atoms with E-state index >= 15 is 0 Å². The summed E-state index contributed by atoms with van der Waals surface area (Å²) in [6, 6.07) is 1.24. The van der Waals surface area contributed by atoms with E-state index in [0.29, 0.717) is 24.1 Å². The maximum Gasteiger partial charge on any atom is 0.405 e. The minimum absolute atomic E-state index is 0. The van der Waals surface area contributed by atoms with Gasteiger partial charge in [-0.3, -0.25) is 4.90 Å². The van der Waals surface area contributed by atoms with Crippen molar-refractivity contribution in [2.75, 3.05) is 32.7 Å². The molecule has 1 atom stereocenters. The van der Waals surface area contributed by atoms with E-state index in [1.165, 1.54) is 17.3 Å². The zero-order valence-corrected chi connectivity index (χ0v) is 15.2. The summed E-state index contributed by atoms with van der Waals surface area (Å²) in [4.78, 5) is 7.82. The van der Waals surface area contributed by atoms with Gasteiger partial charge >= 0.3 is 6.18 Å². The Morgan fingerprint density at radius 1 is 1.31 bits per heavy atom. The van der Waals surface area contributed by atoms with Crippen LogP contribution in [0.2, 0.25) is 0 Å². The van der Waals surface area contributed by atoms with Crippen molar-refractivity contribution in [1.82, 2.24) is 24.9 Å². The molecule has 0 saturated carbocycles. The molecule has 3 rings (SSSR count). The summed E-state index contributed by atoms with van der Waals surface area (Å²) in [5.41, 5.74) is 0.359. The number of H-pyrrole nitrogens is 1. The Morgan fingerprint density at radius 3 is 2.65 bits per heavy atom. The second kappa shape index (κ2) is 8.09. The predicted octanol–water partition coefficient (Wildman–Crippen LogP) is 1.10. The van der Waals surface area contributed by atoms with Gasteiger partial charge in [0.15, 0.2) is 0 Å². The predicted molar refractivity (Wildman–Crippen MR) is 92.8 cm³/mol. The lowest BCUT2D eigenvalue weighted by molar-refractivity contribution is -0.182. The zero-order valence-electron chi connectivity index (χ0n) is 13.6. The van der Waals surface area contributed by atoms with Crippen LogP contribution in [0, 0.1) is 0 Å². The van der Waals surface area contributed by atoms with Crippen molar-refractivity contribution in [2.45, 2.75) is 17.1 Å². The molecule has 12 heteroatoms. The quantitative estimate of drug-likeness (QED) is 0.683. The highest BCUT2D eigenvalue weighted by atomic mass is 35.5. The molecule has 0 radical (unpaired) electrons. The summed E-state index contributed by atoms with van der Waals surface area (Å²) in [5.74, 6) is 0. The third-order valence-electron chi connectivity index (χ3n) is 4.14. The Labute approximate surface area is 154 Å². The third kappa shape index (κ3) is 4.46. The van der Waals surface area contributed by atoms with E-state index in [2.05, 4.69) is 20.0 Å². The van der Waals surface area contributed by atoms with Gasteiger partial charge in [0.2, 0.25) is 10.0 Å². The van der Waals surface area contributed by atoms with Gasteiger partial charge in [0, 0.05) is 50.5 Å². The van der Waals surface area contributed by atoms with Crippen LogP contribution in [-0.4, -0.2) is 68.2 Å². The number of pyridine rings is 1. The molecule has 0 aliphatic carbocycles. The molecule has 1 fully saturated rings. The molecule has 0 amide bonds. The van der Waals surface area contributed by atoms with Crippen molar-refractivity contribution in [3.63, 3.8) is 0 Å². The van der Waals surface area contributed by atoms with Gasteiger partial charge in [0.25, 0.3) is 0 Å². The molecule has 3 heterocycles. The molecule has 1 saturated heterocycles. The van der Waals surface area contributed by atoms with Gasteiger partial charge in [0.1, 0.15) is 16.6 Å². The monoisotopic (exact) mass is 413 g/mol. The fraction of sp³-hybridized carbons (Fsp3) is 0.500. The highest BCUT2D eigenvalue weighted by Gasteiger charge is 2.44. The van der Waals surface area contributed by atoms with Crippen LogP contribution in [0.15, 0.2) is 29.4 Å². The lowest BCUT2D eigenvalue weighted by atomic mass is 10.2. The van der Waals surface area contributed by atoms with E-state index in [9.17, 15) is 21.6 Å². The van der Waals surface area contributed by atoms with Crippen molar-refractivity contribution < 1.29 is 21.6 Å². The minimum Gasteiger partial charge on any atom is -0.345 e. The van der Waals surface area contributed by atoms with E-state index in [1.54, 1.807) is 12.1 Å². The van der Waals surface area contributed by atoms with Crippen LogP contribution in [0.3, 0.4) is 0 Å². The summed E-state index contributed by atoms with van der Waals surface area (Å²) in [5, 5.41) is 3.31. The topological polar surface area (TPSA) is 90.1 Å². The molecule has 0 aromatic carbocycles. The van der Waals surface area contributed by atoms with E-state index in [0.717, 1.165) is 0 Å². The van der Waals surface area contributed by atoms with Gasteiger partial charge in [-0.15, -0.1) is 12.4 Å². The average Bonchev–Trinajstić information content (AvgIpc) is 2.99. The van der Waals surface area contributed by atoms with Crippen LogP contribution >= 0.6 is 12.4 Å². The second-order valence-corrected chi connectivity index (χ2v) is 7.48. The van der Waals surface area contributed by atoms with Crippen molar-refractivity contribution in [3.05, 3.63) is 24.5 Å². The van der Waals surface area contributed by atoms with Gasteiger partial charge in [-0.1, -0.05) is 0 Å². The van der Waals surface area contributed by atoms with Crippen LogP contribution in [0.1, 0.15) is 0 Å². The largest absolute Gasteiger partial charge is 0.405 e. The van der Waals surface area contributed by atoms with Crippen molar-refractivity contribution in [3.8, 4) is 0 Å². The van der Waals surface area contributed by atoms with Crippen LogP contribution in [0.4, 0.5) is 13.2 Å². The second-order valence-electron chi connectivity index (χ2n) is 5.75. The van der Waals surface area contributed by atoms with Gasteiger partial charge in [-0.2, -0.15) is 13.2 Å². The number of aromatic nitrogens is 2.